The van der Waals surface area contributed by atoms with E-state index in [-0.39, 0.29) is 10.6 Å². The van der Waals surface area contributed by atoms with Crippen LogP contribution in [-0.2, 0) is 0 Å². The summed E-state index contributed by atoms with van der Waals surface area (Å²) in [6.07, 6.45) is 0.993. The molecule has 0 unspecified atom stereocenters. The van der Waals surface area contributed by atoms with Gasteiger partial charge in [0.1, 0.15) is 11.2 Å². The van der Waals surface area contributed by atoms with Gasteiger partial charge in [-0.15, -0.1) is 0 Å². The summed E-state index contributed by atoms with van der Waals surface area (Å²) in [6.45, 7) is 0. The number of halogens is 2. The van der Waals surface area contributed by atoms with E-state index < -0.39 is 16.6 Å². The molecular weight excluding hydrogens is 339 g/mol. The standard InChI is InChI=1S/C12H6Cl2N2O4S/c13-6-1-2-9(14)10(3-6)21-11-8(12(17)18)4-7(5-15-11)16(19)20/h1-5H,(H,17,18). The first kappa shape index (κ1) is 15.6. The fourth-order valence-electron chi connectivity index (χ4n) is 1.44. The number of hydrogen-bond acceptors (Lipinski definition) is 5. The molecule has 9 heteroatoms. The Hall–Kier alpha value is -1.83. The van der Waals surface area contributed by atoms with E-state index in [0.29, 0.717) is 14.9 Å². The fraction of sp³-hybridized carbons (Fsp3) is 0. The van der Waals surface area contributed by atoms with Crippen molar-refractivity contribution in [3.05, 3.63) is 56.2 Å². The average molecular weight is 345 g/mol. The fourth-order valence-corrected chi connectivity index (χ4v) is 2.83. The van der Waals surface area contributed by atoms with Crippen LogP contribution in [-0.4, -0.2) is 21.0 Å². The van der Waals surface area contributed by atoms with Crippen LogP contribution < -0.4 is 0 Å². The molecule has 108 valence electrons. The molecule has 6 nitrogen and oxygen atoms in total. The van der Waals surface area contributed by atoms with Crippen LogP contribution in [0.25, 0.3) is 0 Å². The Morgan fingerprint density at radius 3 is 2.67 bits per heavy atom. The molecule has 1 aromatic heterocycles. The van der Waals surface area contributed by atoms with Crippen molar-refractivity contribution in [2.75, 3.05) is 0 Å². The van der Waals surface area contributed by atoms with E-state index in [9.17, 15) is 14.9 Å². The lowest BCUT2D eigenvalue weighted by molar-refractivity contribution is -0.385. The summed E-state index contributed by atoms with van der Waals surface area (Å²) >= 11 is 12.8. The molecule has 0 radical (unpaired) electrons. The molecule has 0 spiro atoms. The smallest absolute Gasteiger partial charge is 0.338 e. The number of aromatic carboxylic acids is 1. The summed E-state index contributed by atoms with van der Waals surface area (Å²) < 4.78 is 0. The Morgan fingerprint density at radius 1 is 1.33 bits per heavy atom. The summed E-state index contributed by atoms with van der Waals surface area (Å²) in [6, 6.07) is 5.67. The topological polar surface area (TPSA) is 93.3 Å². The molecule has 0 saturated carbocycles. The minimum Gasteiger partial charge on any atom is -0.478 e. The van der Waals surface area contributed by atoms with Gasteiger partial charge in [-0.25, -0.2) is 9.78 Å². The van der Waals surface area contributed by atoms with Crippen LogP contribution in [0.4, 0.5) is 5.69 Å². The highest BCUT2D eigenvalue weighted by molar-refractivity contribution is 7.99. The Morgan fingerprint density at radius 2 is 2.05 bits per heavy atom. The number of carboxylic acid groups (broad SMARTS) is 1. The Labute approximate surface area is 132 Å². The molecule has 0 aliphatic heterocycles. The van der Waals surface area contributed by atoms with Crippen molar-refractivity contribution in [1.82, 2.24) is 4.98 Å². The molecule has 2 rings (SSSR count). The Bertz CT molecular complexity index is 739. The van der Waals surface area contributed by atoms with Gasteiger partial charge >= 0.3 is 5.97 Å². The number of carboxylic acids is 1. The normalized spacial score (nSPS) is 10.4. The van der Waals surface area contributed by atoms with Crippen molar-refractivity contribution in [2.45, 2.75) is 9.92 Å². The van der Waals surface area contributed by atoms with E-state index in [2.05, 4.69) is 4.98 Å². The van der Waals surface area contributed by atoms with E-state index in [1.54, 1.807) is 18.2 Å². The largest absolute Gasteiger partial charge is 0.478 e. The molecule has 0 aliphatic carbocycles. The second-order valence-corrected chi connectivity index (χ2v) is 5.66. The average Bonchev–Trinajstić information content (AvgIpc) is 2.42. The minimum absolute atomic E-state index is 0.0947. The van der Waals surface area contributed by atoms with Crippen LogP contribution in [0.15, 0.2) is 40.4 Å². The summed E-state index contributed by atoms with van der Waals surface area (Å²) in [5.74, 6) is -1.31. The molecule has 1 N–H and O–H groups in total. The van der Waals surface area contributed by atoms with Gasteiger partial charge in [-0.05, 0) is 18.2 Å². The predicted octanol–water partition coefficient (Wildman–Crippen LogP) is 4.15. The van der Waals surface area contributed by atoms with Crippen LogP contribution in [0.3, 0.4) is 0 Å². The third-order valence-corrected chi connectivity index (χ3v) is 4.13. The Balaban J connectivity index is 2.46. The molecule has 0 saturated heterocycles. The number of hydrogen-bond donors (Lipinski definition) is 1. The monoisotopic (exact) mass is 344 g/mol. The van der Waals surface area contributed by atoms with Gasteiger partial charge in [0.2, 0.25) is 0 Å². The van der Waals surface area contributed by atoms with Crippen molar-refractivity contribution in [3.63, 3.8) is 0 Å². The minimum atomic E-state index is -1.31. The quantitative estimate of drug-likeness (QED) is 0.661. The van der Waals surface area contributed by atoms with Gasteiger partial charge in [0, 0.05) is 16.0 Å². The van der Waals surface area contributed by atoms with Crippen LogP contribution in [0.5, 0.6) is 0 Å². The maximum Gasteiger partial charge on any atom is 0.338 e. The second kappa shape index (κ2) is 6.30. The number of pyridine rings is 1. The van der Waals surface area contributed by atoms with E-state index in [4.69, 9.17) is 28.3 Å². The molecule has 1 heterocycles. The van der Waals surface area contributed by atoms with Crippen LogP contribution in [0.1, 0.15) is 10.4 Å². The highest BCUT2D eigenvalue weighted by Crippen LogP contribution is 2.36. The zero-order valence-electron chi connectivity index (χ0n) is 10.1. The van der Waals surface area contributed by atoms with Gasteiger partial charge in [-0.1, -0.05) is 35.0 Å². The van der Waals surface area contributed by atoms with Crippen LogP contribution in [0, 0.1) is 10.1 Å². The van der Waals surface area contributed by atoms with Gasteiger partial charge in [-0.2, -0.15) is 0 Å². The van der Waals surface area contributed by atoms with E-state index >= 15 is 0 Å². The zero-order chi connectivity index (χ0) is 15.6. The highest BCUT2D eigenvalue weighted by Gasteiger charge is 2.19. The third-order valence-electron chi connectivity index (χ3n) is 2.38. The number of carbonyl (C=O) groups is 1. The van der Waals surface area contributed by atoms with Gasteiger partial charge in [0.25, 0.3) is 5.69 Å². The molecule has 0 amide bonds. The number of rotatable bonds is 4. The van der Waals surface area contributed by atoms with Gasteiger partial charge < -0.3 is 5.11 Å². The summed E-state index contributed by atoms with van der Waals surface area (Å²) in [5.41, 5.74) is -0.667. The molecule has 0 atom stereocenters. The molecular formula is C12H6Cl2N2O4S. The molecule has 0 fully saturated rings. The first-order chi connectivity index (χ1) is 9.88. The predicted molar refractivity (Wildman–Crippen MR) is 78.4 cm³/mol. The maximum absolute atomic E-state index is 11.2. The lowest BCUT2D eigenvalue weighted by Crippen LogP contribution is -2.02. The lowest BCUT2D eigenvalue weighted by Gasteiger charge is -2.06. The first-order valence-corrected chi connectivity index (χ1v) is 6.96. The number of nitrogens with zero attached hydrogens (tertiary/aromatic N) is 2. The van der Waals surface area contributed by atoms with Gasteiger partial charge in [0.05, 0.1) is 15.5 Å². The van der Waals surface area contributed by atoms with E-state index in [0.717, 1.165) is 24.0 Å². The first-order valence-electron chi connectivity index (χ1n) is 5.39. The molecule has 21 heavy (non-hydrogen) atoms. The molecule has 1 aromatic carbocycles. The molecule has 2 aromatic rings. The SMILES string of the molecule is O=C(O)c1cc([N+](=O)[O-])cnc1Sc1cc(Cl)ccc1Cl. The lowest BCUT2D eigenvalue weighted by atomic mass is 10.3. The number of benzene rings is 1. The summed E-state index contributed by atoms with van der Waals surface area (Å²) in [7, 11) is 0. The molecule has 0 aliphatic rings. The van der Waals surface area contributed by atoms with E-state index in [1.165, 1.54) is 0 Å². The van der Waals surface area contributed by atoms with Gasteiger partial charge in [-0.3, -0.25) is 10.1 Å². The van der Waals surface area contributed by atoms with E-state index in [1.807, 2.05) is 0 Å². The van der Waals surface area contributed by atoms with Crippen molar-refractivity contribution in [2.24, 2.45) is 0 Å². The second-order valence-electron chi connectivity index (χ2n) is 3.79. The van der Waals surface area contributed by atoms with Crippen molar-refractivity contribution in [3.8, 4) is 0 Å². The highest BCUT2D eigenvalue weighted by atomic mass is 35.5. The van der Waals surface area contributed by atoms with Crippen molar-refractivity contribution in [1.29, 1.82) is 0 Å². The van der Waals surface area contributed by atoms with Crippen LogP contribution >= 0.6 is 35.0 Å². The summed E-state index contributed by atoms with van der Waals surface area (Å²) in [4.78, 5) is 25.5. The number of nitro groups is 1. The Kier molecular flexibility index (Phi) is 4.66. The zero-order valence-corrected chi connectivity index (χ0v) is 12.4. The maximum atomic E-state index is 11.2. The molecule has 0 bridgehead atoms. The summed E-state index contributed by atoms with van der Waals surface area (Å²) in [5, 5.41) is 20.7. The third kappa shape index (κ3) is 3.63. The number of aromatic nitrogens is 1. The van der Waals surface area contributed by atoms with Crippen molar-refractivity contribution < 1.29 is 14.8 Å². The van der Waals surface area contributed by atoms with Gasteiger partial charge in [0.15, 0.2) is 0 Å². The van der Waals surface area contributed by atoms with Crippen molar-refractivity contribution >= 4 is 46.6 Å². The van der Waals surface area contributed by atoms with Crippen LogP contribution in [0.2, 0.25) is 10.0 Å².